The second-order valence-corrected chi connectivity index (χ2v) is 7.26. The Bertz CT molecular complexity index is 733. The number of pyridine rings is 1. The summed E-state index contributed by atoms with van der Waals surface area (Å²) in [5, 5.41) is 16.8. The molecule has 1 saturated carbocycles. The molecule has 1 aliphatic carbocycles. The van der Waals surface area contributed by atoms with Gasteiger partial charge in [-0.2, -0.15) is 5.10 Å². The first-order valence-corrected chi connectivity index (χ1v) is 9.59. The molecule has 1 aromatic heterocycles. The molecule has 2 unspecified atom stereocenters. The summed E-state index contributed by atoms with van der Waals surface area (Å²) >= 11 is 0. The van der Waals surface area contributed by atoms with E-state index in [1.54, 1.807) is 29.9 Å². The van der Waals surface area contributed by atoms with Gasteiger partial charge < -0.3 is 5.32 Å². The lowest BCUT2D eigenvalue weighted by atomic mass is 9.89. The summed E-state index contributed by atoms with van der Waals surface area (Å²) in [6.45, 7) is 0. The largest absolute Gasteiger partial charge is 0.309 e. The molecule has 3 N–H and O–H groups in total. The predicted molar refractivity (Wildman–Crippen MR) is 101 cm³/mol. The van der Waals surface area contributed by atoms with Gasteiger partial charge in [0.05, 0.1) is 0 Å². The van der Waals surface area contributed by atoms with Crippen molar-refractivity contribution >= 4 is 29.8 Å². The van der Waals surface area contributed by atoms with E-state index >= 15 is 0 Å². The van der Waals surface area contributed by atoms with E-state index in [-0.39, 0.29) is 18.2 Å². The van der Waals surface area contributed by atoms with E-state index in [2.05, 4.69) is 15.4 Å². The van der Waals surface area contributed by atoms with Gasteiger partial charge in [-0.25, -0.2) is 15.5 Å². The third-order valence-corrected chi connectivity index (χ3v) is 5.27. The van der Waals surface area contributed by atoms with Crippen molar-refractivity contribution in [3.05, 3.63) is 24.4 Å². The standard InChI is InChI=1S/C19H25N5O4/c25-17(23-28)12-14(11-13-5-1-2-6-13)19(27)24-15(8-10-21-24)18(26)22-16-7-3-4-9-20-16/h3-4,7,9-10,13-15,28H,1-2,5-6,8,11-12H2,(H,23,25)(H,20,22,26). The minimum atomic E-state index is -0.780. The van der Waals surface area contributed by atoms with Crippen LogP contribution in [0.15, 0.2) is 29.5 Å². The molecule has 1 fully saturated rings. The van der Waals surface area contributed by atoms with Crippen molar-refractivity contribution in [2.75, 3.05) is 5.32 Å². The van der Waals surface area contributed by atoms with Gasteiger partial charge in [0, 0.05) is 31.2 Å². The highest BCUT2D eigenvalue weighted by Gasteiger charge is 2.38. The summed E-state index contributed by atoms with van der Waals surface area (Å²) in [5.74, 6) is -1.23. The molecule has 0 radical (unpaired) electrons. The van der Waals surface area contributed by atoms with Gasteiger partial charge >= 0.3 is 0 Å². The summed E-state index contributed by atoms with van der Waals surface area (Å²) in [5.41, 5.74) is 1.60. The highest BCUT2D eigenvalue weighted by molar-refractivity contribution is 5.99. The molecular formula is C19H25N5O4. The molecule has 0 bridgehead atoms. The molecule has 2 aliphatic rings. The molecular weight excluding hydrogens is 362 g/mol. The highest BCUT2D eigenvalue weighted by atomic mass is 16.5. The Morgan fingerprint density at radius 3 is 2.71 bits per heavy atom. The maximum atomic E-state index is 13.1. The zero-order valence-corrected chi connectivity index (χ0v) is 15.6. The van der Waals surface area contributed by atoms with Crippen LogP contribution in [-0.4, -0.2) is 45.2 Å². The monoisotopic (exact) mass is 387 g/mol. The van der Waals surface area contributed by atoms with Crippen molar-refractivity contribution in [2.45, 2.75) is 51.0 Å². The van der Waals surface area contributed by atoms with Gasteiger partial charge in [0.2, 0.25) is 11.8 Å². The van der Waals surface area contributed by atoms with E-state index in [1.807, 2.05) is 0 Å². The van der Waals surface area contributed by atoms with Gasteiger partial charge in [0.15, 0.2) is 0 Å². The van der Waals surface area contributed by atoms with Crippen molar-refractivity contribution in [1.29, 1.82) is 0 Å². The van der Waals surface area contributed by atoms with Gasteiger partial charge in [-0.1, -0.05) is 31.7 Å². The lowest BCUT2D eigenvalue weighted by molar-refractivity contribution is -0.144. The summed E-state index contributed by atoms with van der Waals surface area (Å²) in [7, 11) is 0. The first kappa shape index (κ1) is 19.9. The number of nitrogens with zero attached hydrogens (tertiary/aromatic N) is 3. The van der Waals surface area contributed by atoms with E-state index in [4.69, 9.17) is 5.21 Å². The first-order valence-electron chi connectivity index (χ1n) is 9.59. The second kappa shape index (κ2) is 9.41. The van der Waals surface area contributed by atoms with Gasteiger partial charge in [0.25, 0.3) is 5.91 Å². The molecule has 0 aromatic carbocycles. The van der Waals surface area contributed by atoms with Crippen molar-refractivity contribution < 1.29 is 19.6 Å². The molecule has 28 heavy (non-hydrogen) atoms. The SMILES string of the molecule is O=C(CC(CC1CCCC1)C(=O)N1N=CCC1C(=O)Nc1ccccn1)NO. The molecule has 9 nitrogen and oxygen atoms in total. The van der Waals surface area contributed by atoms with Gasteiger partial charge in [-0.15, -0.1) is 0 Å². The molecule has 1 aromatic rings. The highest BCUT2D eigenvalue weighted by Crippen LogP contribution is 2.33. The minimum Gasteiger partial charge on any atom is -0.309 e. The Morgan fingerprint density at radius 1 is 1.25 bits per heavy atom. The molecule has 0 spiro atoms. The molecule has 2 atom stereocenters. The molecule has 3 amide bonds. The average molecular weight is 387 g/mol. The number of carbonyl (C=O) groups is 3. The number of hydrogen-bond acceptors (Lipinski definition) is 6. The van der Waals surface area contributed by atoms with E-state index < -0.39 is 17.9 Å². The van der Waals surface area contributed by atoms with E-state index in [1.165, 1.54) is 11.2 Å². The van der Waals surface area contributed by atoms with E-state index in [9.17, 15) is 14.4 Å². The Kier molecular flexibility index (Phi) is 6.70. The third kappa shape index (κ3) is 4.92. The van der Waals surface area contributed by atoms with Crippen LogP contribution in [0.2, 0.25) is 0 Å². The number of nitrogens with one attached hydrogen (secondary N) is 2. The maximum absolute atomic E-state index is 13.1. The third-order valence-electron chi connectivity index (χ3n) is 5.27. The number of amides is 3. The first-order chi connectivity index (χ1) is 13.6. The van der Waals surface area contributed by atoms with Crippen LogP contribution >= 0.6 is 0 Å². The Labute approximate surface area is 163 Å². The number of aromatic nitrogens is 1. The number of rotatable bonds is 7. The van der Waals surface area contributed by atoms with Crippen molar-refractivity contribution in [3.63, 3.8) is 0 Å². The molecule has 1 aliphatic heterocycles. The topological polar surface area (TPSA) is 124 Å². The van der Waals surface area contributed by atoms with Crippen LogP contribution in [0.1, 0.15) is 44.9 Å². The number of carbonyl (C=O) groups excluding carboxylic acids is 3. The van der Waals surface area contributed by atoms with Gasteiger partial charge in [0.1, 0.15) is 11.9 Å². The van der Waals surface area contributed by atoms with Crippen LogP contribution < -0.4 is 10.8 Å². The zero-order valence-electron chi connectivity index (χ0n) is 15.6. The van der Waals surface area contributed by atoms with Gasteiger partial charge in [-0.05, 0) is 24.5 Å². The lowest BCUT2D eigenvalue weighted by Crippen LogP contribution is -2.45. The lowest BCUT2D eigenvalue weighted by Gasteiger charge is -2.26. The van der Waals surface area contributed by atoms with Crippen molar-refractivity contribution in [2.24, 2.45) is 16.9 Å². The van der Waals surface area contributed by atoms with Gasteiger partial charge in [-0.3, -0.25) is 19.6 Å². The molecule has 2 heterocycles. The molecule has 3 rings (SSSR count). The van der Waals surface area contributed by atoms with Crippen LogP contribution in [-0.2, 0) is 14.4 Å². The molecule has 150 valence electrons. The zero-order chi connectivity index (χ0) is 19.9. The number of anilines is 1. The second-order valence-electron chi connectivity index (χ2n) is 7.26. The quantitative estimate of drug-likeness (QED) is 0.485. The molecule has 0 saturated heterocycles. The fourth-order valence-electron chi connectivity index (χ4n) is 3.87. The van der Waals surface area contributed by atoms with Crippen molar-refractivity contribution in [1.82, 2.24) is 15.5 Å². The smallest absolute Gasteiger partial charge is 0.250 e. The number of hydrazone groups is 1. The van der Waals surface area contributed by atoms with Crippen LogP contribution in [0.4, 0.5) is 5.82 Å². The van der Waals surface area contributed by atoms with E-state index in [0.29, 0.717) is 24.6 Å². The predicted octanol–water partition coefficient (Wildman–Crippen LogP) is 1.70. The molecule has 9 heteroatoms. The average Bonchev–Trinajstić information content (AvgIpc) is 3.39. The van der Waals surface area contributed by atoms with E-state index in [0.717, 1.165) is 25.7 Å². The number of hydrogen-bond donors (Lipinski definition) is 3. The van der Waals surface area contributed by atoms with Crippen LogP contribution in [0.3, 0.4) is 0 Å². The summed E-state index contributed by atoms with van der Waals surface area (Å²) < 4.78 is 0. The summed E-state index contributed by atoms with van der Waals surface area (Å²) in [4.78, 5) is 41.5. The number of hydroxylamine groups is 1. The normalized spacial score (nSPS) is 20.2. The maximum Gasteiger partial charge on any atom is 0.250 e. The van der Waals surface area contributed by atoms with Crippen LogP contribution in [0.5, 0.6) is 0 Å². The Hall–Kier alpha value is -2.81. The fourth-order valence-corrected chi connectivity index (χ4v) is 3.87. The Balaban J connectivity index is 1.69. The fraction of sp³-hybridized carbons (Fsp3) is 0.526. The van der Waals surface area contributed by atoms with Crippen molar-refractivity contribution in [3.8, 4) is 0 Å². The van der Waals surface area contributed by atoms with Crippen LogP contribution in [0.25, 0.3) is 0 Å². The minimum absolute atomic E-state index is 0.133. The summed E-state index contributed by atoms with van der Waals surface area (Å²) in [6, 6.07) is 4.37. The summed E-state index contributed by atoms with van der Waals surface area (Å²) in [6.07, 6.45) is 8.10. The van der Waals surface area contributed by atoms with Crippen LogP contribution in [0, 0.1) is 11.8 Å². The Morgan fingerprint density at radius 2 is 2.04 bits per heavy atom.